The summed E-state index contributed by atoms with van der Waals surface area (Å²) >= 11 is 3.42. The largest absolute Gasteiger partial charge is 0.465 e. The second-order valence-corrected chi connectivity index (χ2v) is 8.16. The van der Waals surface area contributed by atoms with Crippen LogP contribution in [-0.2, 0) is 4.79 Å². The molecule has 1 saturated heterocycles. The molecule has 2 amide bonds. The van der Waals surface area contributed by atoms with Crippen molar-refractivity contribution in [2.45, 2.75) is 43.6 Å². The Morgan fingerprint density at radius 2 is 1.50 bits per heavy atom. The van der Waals surface area contributed by atoms with E-state index in [1.54, 1.807) is 4.90 Å². The van der Waals surface area contributed by atoms with Gasteiger partial charge in [-0.15, -0.1) is 0 Å². The molecule has 2 N–H and O–H groups in total. The van der Waals surface area contributed by atoms with E-state index in [4.69, 9.17) is 5.11 Å². The molecule has 1 saturated carbocycles. The van der Waals surface area contributed by atoms with Crippen molar-refractivity contribution in [3.8, 4) is 0 Å². The number of amides is 2. The molecule has 1 aromatic carbocycles. The van der Waals surface area contributed by atoms with Gasteiger partial charge in [0.1, 0.15) is 0 Å². The third-order valence-corrected chi connectivity index (χ3v) is 6.10. The fourth-order valence-corrected chi connectivity index (χ4v) is 4.36. The molecule has 1 aliphatic heterocycles. The quantitative estimate of drug-likeness (QED) is 0.780. The SMILES string of the molecule is O=C(O)N1CCN(C(=O)C(c2ccc(Br)cc2)C2(O)CCCCC2)CC1. The minimum absolute atomic E-state index is 0.0956. The minimum atomic E-state index is -1.03. The monoisotopic (exact) mass is 424 g/mol. The van der Waals surface area contributed by atoms with Crippen molar-refractivity contribution in [2.75, 3.05) is 26.2 Å². The predicted molar refractivity (Wildman–Crippen MR) is 101 cm³/mol. The maximum atomic E-state index is 13.4. The van der Waals surface area contributed by atoms with Crippen LogP contribution in [0.3, 0.4) is 0 Å². The predicted octanol–water partition coefficient (Wildman–Crippen LogP) is 3.05. The summed E-state index contributed by atoms with van der Waals surface area (Å²) in [7, 11) is 0. The van der Waals surface area contributed by atoms with Gasteiger partial charge in [0.05, 0.1) is 11.5 Å². The molecule has 3 rings (SSSR count). The Labute approximate surface area is 161 Å². The molecule has 6 nitrogen and oxygen atoms in total. The summed E-state index contributed by atoms with van der Waals surface area (Å²) in [5.74, 6) is -0.700. The third-order valence-electron chi connectivity index (χ3n) is 5.57. The fraction of sp³-hybridized carbons (Fsp3) is 0.579. The highest BCUT2D eigenvalue weighted by Gasteiger charge is 2.45. The lowest BCUT2D eigenvalue weighted by atomic mass is 9.72. The van der Waals surface area contributed by atoms with Crippen LogP contribution in [0.15, 0.2) is 28.7 Å². The van der Waals surface area contributed by atoms with Gasteiger partial charge in [-0.05, 0) is 30.5 Å². The molecule has 1 aliphatic carbocycles. The van der Waals surface area contributed by atoms with Crippen molar-refractivity contribution in [3.63, 3.8) is 0 Å². The molecule has 1 atom stereocenters. The van der Waals surface area contributed by atoms with Crippen LogP contribution in [0.25, 0.3) is 0 Å². The zero-order chi connectivity index (χ0) is 18.7. The maximum Gasteiger partial charge on any atom is 0.407 e. The standard InChI is InChI=1S/C19H25BrN2O4/c20-15-6-4-14(5-7-15)16(19(26)8-2-1-3-9-19)17(23)21-10-12-22(13-11-21)18(24)25/h4-7,16,26H,1-3,8-13H2,(H,24,25). The van der Waals surface area contributed by atoms with E-state index in [9.17, 15) is 14.7 Å². The fourth-order valence-electron chi connectivity index (χ4n) is 4.09. The van der Waals surface area contributed by atoms with Crippen LogP contribution < -0.4 is 0 Å². The van der Waals surface area contributed by atoms with Crippen LogP contribution in [0.2, 0.25) is 0 Å². The van der Waals surface area contributed by atoms with Gasteiger partial charge in [-0.25, -0.2) is 4.79 Å². The highest BCUT2D eigenvalue weighted by atomic mass is 79.9. The molecule has 0 aromatic heterocycles. The lowest BCUT2D eigenvalue weighted by Gasteiger charge is -2.42. The molecular weight excluding hydrogens is 400 g/mol. The van der Waals surface area contributed by atoms with Gasteiger partial charge in [0.2, 0.25) is 5.91 Å². The first-order valence-electron chi connectivity index (χ1n) is 9.15. The summed E-state index contributed by atoms with van der Waals surface area (Å²) < 4.78 is 0.929. The zero-order valence-corrected chi connectivity index (χ0v) is 16.3. The first-order valence-corrected chi connectivity index (χ1v) is 9.94. The van der Waals surface area contributed by atoms with Crippen LogP contribution in [0.1, 0.15) is 43.6 Å². The van der Waals surface area contributed by atoms with E-state index >= 15 is 0 Å². The average molecular weight is 425 g/mol. The third kappa shape index (κ3) is 4.04. The Balaban J connectivity index is 1.84. The van der Waals surface area contributed by atoms with Gasteiger partial charge >= 0.3 is 6.09 Å². The van der Waals surface area contributed by atoms with E-state index in [-0.39, 0.29) is 5.91 Å². The number of rotatable bonds is 3. The summed E-state index contributed by atoms with van der Waals surface area (Å²) in [5.41, 5.74) is -0.212. The normalized spacial score (nSPS) is 21.3. The van der Waals surface area contributed by atoms with Crippen molar-refractivity contribution < 1.29 is 19.8 Å². The van der Waals surface area contributed by atoms with Crippen LogP contribution in [0.4, 0.5) is 4.79 Å². The first kappa shape index (κ1) is 19.2. The van der Waals surface area contributed by atoms with Crippen molar-refractivity contribution >= 4 is 27.9 Å². The first-order chi connectivity index (χ1) is 12.4. The van der Waals surface area contributed by atoms with E-state index in [2.05, 4.69) is 15.9 Å². The van der Waals surface area contributed by atoms with Crippen molar-refractivity contribution in [2.24, 2.45) is 0 Å². The Hall–Kier alpha value is -1.60. The highest BCUT2D eigenvalue weighted by molar-refractivity contribution is 9.10. The molecular formula is C19H25BrN2O4. The number of carboxylic acid groups (broad SMARTS) is 1. The van der Waals surface area contributed by atoms with E-state index in [0.717, 1.165) is 29.3 Å². The maximum absolute atomic E-state index is 13.4. The van der Waals surface area contributed by atoms with Crippen LogP contribution in [0, 0.1) is 0 Å². The lowest BCUT2D eigenvalue weighted by molar-refractivity contribution is -0.143. The Morgan fingerprint density at radius 1 is 0.962 bits per heavy atom. The summed E-state index contributed by atoms with van der Waals surface area (Å²) in [5, 5.41) is 20.4. The Kier molecular flexibility index (Phi) is 5.87. The Bertz CT molecular complexity index is 650. The van der Waals surface area contributed by atoms with Crippen molar-refractivity contribution in [1.82, 2.24) is 9.80 Å². The topological polar surface area (TPSA) is 81.1 Å². The molecule has 142 valence electrons. The smallest absolute Gasteiger partial charge is 0.407 e. The number of carbonyl (C=O) groups is 2. The summed E-state index contributed by atoms with van der Waals surface area (Å²) in [4.78, 5) is 27.5. The van der Waals surface area contributed by atoms with E-state index in [1.807, 2.05) is 24.3 Å². The van der Waals surface area contributed by atoms with Crippen molar-refractivity contribution in [1.29, 1.82) is 0 Å². The molecule has 0 spiro atoms. The van der Waals surface area contributed by atoms with Crippen LogP contribution >= 0.6 is 15.9 Å². The highest BCUT2D eigenvalue weighted by Crippen LogP contribution is 2.41. The molecule has 7 heteroatoms. The molecule has 2 aliphatic rings. The van der Waals surface area contributed by atoms with E-state index in [0.29, 0.717) is 39.0 Å². The molecule has 1 unspecified atom stereocenters. The van der Waals surface area contributed by atoms with Gasteiger partial charge in [0, 0.05) is 30.7 Å². The number of carbonyl (C=O) groups excluding carboxylic acids is 1. The van der Waals surface area contributed by atoms with Crippen molar-refractivity contribution in [3.05, 3.63) is 34.3 Å². The summed E-state index contributed by atoms with van der Waals surface area (Å²) in [6.07, 6.45) is 3.21. The number of benzene rings is 1. The minimum Gasteiger partial charge on any atom is -0.465 e. The van der Waals surface area contributed by atoms with E-state index in [1.165, 1.54) is 4.90 Å². The van der Waals surface area contributed by atoms with Crippen LogP contribution in [0.5, 0.6) is 0 Å². The molecule has 2 fully saturated rings. The number of hydrogen-bond donors (Lipinski definition) is 2. The lowest BCUT2D eigenvalue weighted by Crippen LogP contribution is -2.54. The molecule has 1 heterocycles. The molecule has 1 aromatic rings. The second kappa shape index (κ2) is 7.96. The Morgan fingerprint density at radius 3 is 2.04 bits per heavy atom. The summed E-state index contributed by atoms with van der Waals surface area (Å²) in [6.45, 7) is 1.36. The van der Waals surface area contributed by atoms with Gasteiger partial charge in [-0.1, -0.05) is 47.3 Å². The van der Waals surface area contributed by atoms with Crippen LogP contribution in [-0.4, -0.2) is 63.8 Å². The van der Waals surface area contributed by atoms with E-state index < -0.39 is 17.6 Å². The number of aliphatic hydroxyl groups is 1. The van der Waals surface area contributed by atoms with Gasteiger partial charge < -0.3 is 20.0 Å². The molecule has 0 radical (unpaired) electrons. The molecule has 0 bridgehead atoms. The number of nitrogens with zero attached hydrogens (tertiary/aromatic N) is 2. The van der Waals surface area contributed by atoms with Gasteiger partial charge in [0.15, 0.2) is 0 Å². The average Bonchev–Trinajstić information content (AvgIpc) is 2.64. The zero-order valence-electron chi connectivity index (χ0n) is 14.7. The number of hydrogen-bond acceptors (Lipinski definition) is 3. The number of piperazine rings is 1. The summed E-state index contributed by atoms with van der Waals surface area (Å²) in [6, 6.07) is 7.58. The number of halogens is 1. The van der Waals surface area contributed by atoms with Gasteiger partial charge in [-0.3, -0.25) is 4.79 Å². The second-order valence-electron chi connectivity index (χ2n) is 7.24. The van der Waals surface area contributed by atoms with Gasteiger partial charge in [0.25, 0.3) is 0 Å². The molecule has 26 heavy (non-hydrogen) atoms. The van der Waals surface area contributed by atoms with Gasteiger partial charge in [-0.2, -0.15) is 0 Å².